The molecule has 0 fully saturated rings. The molecule has 1 aromatic heterocycles. The first kappa shape index (κ1) is 18.6. The number of carbonyl (C=O) groups excluding carboxylic acids is 1. The maximum atomic E-state index is 12.7. The summed E-state index contributed by atoms with van der Waals surface area (Å²) in [6.45, 7) is 3.99. The quantitative estimate of drug-likeness (QED) is 0.637. The number of hydrogen-bond acceptors (Lipinski definition) is 1. The van der Waals surface area contributed by atoms with Crippen LogP contribution in [0, 0.1) is 25.7 Å². The number of halogens is 3. The van der Waals surface area contributed by atoms with E-state index in [4.69, 9.17) is 0 Å². The van der Waals surface area contributed by atoms with Gasteiger partial charge in [-0.15, -0.1) is 0 Å². The molecule has 6 heteroatoms. The normalized spacial score (nSPS) is 11.1. The molecule has 138 valence electrons. The number of rotatable bonds is 2. The third-order valence-corrected chi connectivity index (χ3v) is 4.33. The Bertz CT molecular complexity index is 1070. The van der Waals surface area contributed by atoms with E-state index in [0.29, 0.717) is 5.56 Å². The van der Waals surface area contributed by atoms with Crippen molar-refractivity contribution in [1.82, 2.24) is 10.3 Å². The maximum absolute atomic E-state index is 12.7. The second kappa shape index (κ2) is 7.20. The van der Waals surface area contributed by atoms with Crippen LogP contribution in [0.5, 0.6) is 0 Å². The van der Waals surface area contributed by atoms with E-state index in [9.17, 15) is 18.0 Å². The van der Waals surface area contributed by atoms with Crippen molar-refractivity contribution in [2.45, 2.75) is 20.0 Å². The van der Waals surface area contributed by atoms with Crippen molar-refractivity contribution in [3.63, 3.8) is 0 Å². The fourth-order valence-corrected chi connectivity index (χ4v) is 2.75. The zero-order valence-electron chi connectivity index (χ0n) is 14.8. The van der Waals surface area contributed by atoms with Crippen LogP contribution >= 0.6 is 0 Å². The van der Waals surface area contributed by atoms with E-state index in [1.807, 2.05) is 26.0 Å². The van der Waals surface area contributed by atoms with Crippen LogP contribution in [0.1, 0.15) is 32.7 Å². The van der Waals surface area contributed by atoms with Crippen molar-refractivity contribution in [3.8, 4) is 11.8 Å². The van der Waals surface area contributed by atoms with E-state index < -0.39 is 11.7 Å². The smallest absolute Gasteiger partial charge is 0.358 e. The molecule has 0 unspecified atom stereocenters. The second-order valence-corrected chi connectivity index (χ2v) is 6.20. The van der Waals surface area contributed by atoms with Crippen molar-refractivity contribution < 1.29 is 18.0 Å². The molecule has 2 N–H and O–H groups in total. The highest BCUT2D eigenvalue weighted by Crippen LogP contribution is 2.29. The number of H-pyrrole nitrogens is 1. The van der Waals surface area contributed by atoms with Crippen LogP contribution in [0.4, 0.5) is 13.2 Å². The fraction of sp³-hybridized carbons (Fsp3) is 0.190. The Kier molecular flexibility index (Phi) is 4.95. The van der Waals surface area contributed by atoms with Crippen LogP contribution < -0.4 is 5.32 Å². The van der Waals surface area contributed by atoms with Gasteiger partial charge in [-0.3, -0.25) is 4.79 Å². The van der Waals surface area contributed by atoms with Gasteiger partial charge < -0.3 is 10.3 Å². The van der Waals surface area contributed by atoms with Gasteiger partial charge in [0.1, 0.15) is 0 Å². The minimum Gasteiger partial charge on any atom is -0.358 e. The van der Waals surface area contributed by atoms with Crippen molar-refractivity contribution in [3.05, 3.63) is 70.4 Å². The van der Waals surface area contributed by atoms with Crippen LogP contribution in [0.3, 0.4) is 0 Å². The second-order valence-electron chi connectivity index (χ2n) is 6.20. The third kappa shape index (κ3) is 4.14. The molecule has 1 heterocycles. The summed E-state index contributed by atoms with van der Waals surface area (Å²) < 4.78 is 38.0. The molecule has 0 aliphatic rings. The summed E-state index contributed by atoms with van der Waals surface area (Å²) in [6.07, 6.45) is -4.40. The van der Waals surface area contributed by atoms with Gasteiger partial charge in [0.05, 0.1) is 12.1 Å². The molecule has 0 aliphatic heterocycles. The number of fused-ring (bicyclic) bond motifs is 1. The highest BCUT2D eigenvalue weighted by atomic mass is 19.4. The molecule has 3 rings (SSSR count). The van der Waals surface area contributed by atoms with Gasteiger partial charge in [-0.25, -0.2) is 0 Å². The van der Waals surface area contributed by atoms with Crippen LogP contribution in [-0.2, 0) is 6.18 Å². The standard InChI is InChI=1S/C21H17F3N2O/c1-13-14(2)26-19-9-8-16(12-18(13)19)20(27)25-10-4-6-15-5-3-7-17(11-15)21(22,23)24/h3,5,7-9,11-12,26H,10H2,1-2H3,(H,25,27). The van der Waals surface area contributed by atoms with Crippen LogP contribution in [0.15, 0.2) is 42.5 Å². The van der Waals surface area contributed by atoms with Gasteiger partial charge in [0.15, 0.2) is 0 Å². The average molecular weight is 370 g/mol. The summed E-state index contributed by atoms with van der Waals surface area (Å²) in [5, 5.41) is 3.64. The van der Waals surface area contributed by atoms with E-state index in [1.165, 1.54) is 12.1 Å². The SMILES string of the molecule is Cc1[nH]c2ccc(C(=O)NCC#Cc3cccc(C(F)(F)F)c3)cc2c1C. The van der Waals surface area contributed by atoms with Gasteiger partial charge >= 0.3 is 6.18 Å². The minimum atomic E-state index is -4.40. The van der Waals surface area contributed by atoms with Gasteiger partial charge in [-0.1, -0.05) is 17.9 Å². The average Bonchev–Trinajstić information content (AvgIpc) is 2.92. The Labute approximate surface area is 154 Å². The number of nitrogens with one attached hydrogen (secondary N) is 2. The largest absolute Gasteiger partial charge is 0.416 e. The van der Waals surface area contributed by atoms with Crippen molar-refractivity contribution in [1.29, 1.82) is 0 Å². The number of alkyl halides is 3. The van der Waals surface area contributed by atoms with E-state index in [-0.39, 0.29) is 18.0 Å². The first-order valence-electron chi connectivity index (χ1n) is 8.29. The topological polar surface area (TPSA) is 44.9 Å². The zero-order chi connectivity index (χ0) is 19.6. The number of amides is 1. The molecule has 0 saturated heterocycles. The molecule has 3 aromatic rings. The summed E-state index contributed by atoms with van der Waals surface area (Å²) in [5.41, 5.74) is 3.11. The van der Waals surface area contributed by atoms with E-state index in [0.717, 1.165) is 34.3 Å². The lowest BCUT2D eigenvalue weighted by Crippen LogP contribution is -2.23. The summed E-state index contributed by atoms with van der Waals surface area (Å²) in [5.74, 6) is 5.03. The van der Waals surface area contributed by atoms with Gasteiger partial charge in [0.2, 0.25) is 0 Å². The molecule has 0 saturated carbocycles. The number of aromatic amines is 1. The predicted octanol–water partition coefficient (Wildman–Crippen LogP) is 4.59. The molecule has 27 heavy (non-hydrogen) atoms. The summed E-state index contributed by atoms with van der Waals surface area (Å²) in [4.78, 5) is 15.5. The zero-order valence-corrected chi connectivity index (χ0v) is 14.8. The Balaban J connectivity index is 1.67. The van der Waals surface area contributed by atoms with E-state index in [1.54, 1.807) is 6.07 Å². The molecule has 0 aliphatic carbocycles. The molecule has 0 bridgehead atoms. The summed E-state index contributed by atoms with van der Waals surface area (Å²) >= 11 is 0. The number of carbonyl (C=O) groups is 1. The highest BCUT2D eigenvalue weighted by Gasteiger charge is 2.30. The molecule has 3 nitrogen and oxygen atoms in total. The lowest BCUT2D eigenvalue weighted by Gasteiger charge is -2.05. The maximum Gasteiger partial charge on any atom is 0.416 e. The first-order valence-corrected chi connectivity index (χ1v) is 8.29. The lowest BCUT2D eigenvalue weighted by atomic mass is 10.1. The Morgan fingerprint density at radius 3 is 2.67 bits per heavy atom. The van der Waals surface area contributed by atoms with Gasteiger partial charge in [-0.2, -0.15) is 13.2 Å². The number of hydrogen-bond donors (Lipinski definition) is 2. The first-order chi connectivity index (χ1) is 12.8. The lowest BCUT2D eigenvalue weighted by molar-refractivity contribution is -0.137. The van der Waals surface area contributed by atoms with Gasteiger partial charge in [-0.05, 0) is 55.8 Å². The van der Waals surface area contributed by atoms with Gasteiger partial charge in [0, 0.05) is 27.7 Å². The third-order valence-electron chi connectivity index (χ3n) is 4.33. The van der Waals surface area contributed by atoms with Crippen molar-refractivity contribution in [2.75, 3.05) is 6.54 Å². The Morgan fingerprint density at radius 2 is 1.93 bits per heavy atom. The fourth-order valence-electron chi connectivity index (χ4n) is 2.75. The molecule has 1 amide bonds. The van der Waals surface area contributed by atoms with Crippen molar-refractivity contribution >= 4 is 16.8 Å². The van der Waals surface area contributed by atoms with Crippen LogP contribution in [0.2, 0.25) is 0 Å². The van der Waals surface area contributed by atoms with E-state index >= 15 is 0 Å². The van der Waals surface area contributed by atoms with Gasteiger partial charge in [0.25, 0.3) is 5.91 Å². The number of benzene rings is 2. The number of aromatic nitrogens is 1. The van der Waals surface area contributed by atoms with Crippen molar-refractivity contribution in [2.24, 2.45) is 0 Å². The minimum absolute atomic E-state index is 0.0399. The summed E-state index contributed by atoms with van der Waals surface area (Å²) in [6, 6.07) is 10.2. The predicted molar refractivity (Wildman–Crippen MR) is 98.4 cm³/mol. The van der Waals surface area contributed by atoms with Crippen LogP contribution in [0.25, 0.3) is 10.9 Å². The number of aryl methyl sites for hydroxylation is 2. The highest BCUT2D eigenvalue weighted by molar-refractivity contribution is 5.99. The molecule has 0 radical (unpaired) electrons. The Hall–Kier alpha value is -3.20. The Morgan fingerprint density at radius 1 is 1.15 bits per heavy atom. The summed E-state index contributed by atoms with van der Waals surface area (Å²) in [7, 11) is 0. The molecule has 0 atom stereocenters. The molecular weight excluding hydrogens is 353 g/mol. The monoisotopic (exact) mass is 370 g/mol. The molecule has 0 spiro atoms. The molecular formula is C21H17F3N2O. The van der Waals surface area contributed by atoms with Crippen LogP contribution in [-0.4, -0.2) is 17.4 Å². The molecule has 2 aromatic carbocycles. The van der Waals surface area contributed by atoms with E-state index in [2.05, 4.69) is 22.1 Å².